The topological polar surface area (TPSA) is 111 Å². The van der Waals surface area contributed by atoms with E-state index in [1.54, 1.807) is 13.2 Å². The molecule has 0 bridgehead atoms. The maximum absolute atomic E-state index is 12.0. The van der Waals surface area contributed by atoms with E-state index in [0.717, 1.165) is 11.3 Å². The standard InChI is InChI=1S/C18H23N3O4S/c1-25-15-5-3-13(4-6-15)7-9-20-17(22)14(11-19)12-21-16(18(23)24)8-10-26-2/h3-6,12,16,21H,7-10H2,1-2H3,(H,20,22)(H,23,24)/b14-12-. The van der Waals surface area contributed by atoms with E-state index in [4.69, 9.17) is 15.1 Å². The lowest BCUT2D eigenvalue weighted by molar-refractivity contribution is -0.139. The van der Waals surface area contributed by atoms with Crippen LogP contribution < -0.4 is 15.4 Å². The SMILES string of the molecule is COc1ccc(CCNC(=O)/C(C#N)=C\NC(CCSC)C(=O)O)cc1. The van der Waals surface area contributed by atoms with Crippen molar-refractivity contribution in [2.75, 3.05) is 25.7 Å². The van der Waals surface area contributed by atoms with Crippen LogP contribution in [0.2, 0.25) is 0 Å². The lowest BCUT2D eigenvalue weighted by atomic mass is 10.1. The number of amides is 1. The number of rotatable bonds is 11. The summed E-state index contributed by atoms with van der Waals surface area (Å²) in [7, 11) is 1.59. The Morgan fingerprint density at radius 1 is 1.38 bits per heavy atom. The molecule has 0 aliphatic heterocycles. The van der Waals surface area contributed by atoms with Crippen molar-refractivity contribution in [2.24, 2.45) is 0 Å². The fraction of sp³-hybridized carbons (Fsp3) is 0.389. The van der Waals surface area contributed by atoms with Gasteiger partial charge < -0.3 is 20.5 Å². The van der Waals surface area contributed by atoms with Gasteiger partial charge in [-0.1, -0.05) is 12.1 Å². The van der Waals surface area contributed by atoms with Crippen LogP contribution in [-0.4, -0.2) is 48.7 Å². The Bertz CT molecular complexity index is 668. The zero-order valence-corrected chi connectivity index (χ0v) is 15.6. The molecule has 0 aliphatic carbocycles. The number of hydrogen-bond acceptors (Lipinski definition) is 6. The molecule has 1 atom stereocenters. The third-order valence-corrected chi connectivity index (χ3v) is 4.20. The average Bonchev–Trinajstić information content (AvgIpc) is 2.64. The maximum Gasteiger partial charge on any atom is 0.326 e. The highest BCUT2D eigenvalue weighted by Crippen LogP contribution is 2.11. The number of ether oxygens (including phenoxy) is 1. The summed E-state index contributed by atoms with van der Waals surface area (Å²) in [5.41, 5.74) is 0.866. The highest BCUT2D eigenvalue weighted by molar-refractivity contribution is 7.98. The highest BCUT2D eigenvalue weighted by Gasteiger charge is 2.16. The van der Waals surface area contributed by atoms with Crippen LogP contribution in [0.15, 0.2) is 36.0 Å². The minimum atomic E-state index is -1.02. The summed E-state index contributed by atoms with van der Waals surface area (Å²) in [4.78, 5) is 23.2. The largest absolute Gasteiger partial charge is 0.497 e. The number of nitrogens with zero attached hydrogens (tertiary/aromatic N) is 1. The number of hydrogen-bond donors (Lipinski definition) is 3. The van der Waals surface area contributed by atoms with E-state index in [9.17, 15) is 9.59 Å². The van der Waals surface area contributed by atoms with Gasteiger partial charge in [-0.15, -0.1) is 0 Å². The normalized spacial score (nSPS) is 12.0. The molecule has 0 radical (unpaired) electrons. The Balaban J connectivity index is 2.53. The molecule has 0 saturated carbocycles. The zero-order chi connectivity index (χ0) is 19.4. The summed E-state index contributed by atoms with van der Waals surface area (Å²) in [6.07, 6.45) is 4.05. The van der Waals surface area contributed by atoms with Crippen molar-refractivity contribution in [2.45, 2.75) is 18.9 Å². The fourth-order valence-electron chi connectivity index (χ4n) is 2.05. The summed E-state index contributed by atoms with van der Waals surface area (Å²) in [5, 5.41) is 23.5. The van der Waals surface area contributed by atoms with Gasteiger partial charge >= 0.3 is 5.97 Å². The number of carboxylic acid groups (broad SMARTS) is 1. The first-order valence-corrected chi connectivity index (χ1v) is 9.40. The van der Waals surface area contributed by atoms with E-state index in [0.29, 0.717) is 25.1 Å². The van der Waals surface area contributed by atoms with E-state index in [1.165, 1.54) is 18.0 Å². The summed E-state index contributed by atoms with van der Waals surface area (Å²) in [6, 6.07) is 8.42. The van der Waals surface area contributed by atoms with E-state index >= 15 is 0 Å². The predicted molar refractivity (Wildman–Crippen MR) is 101 cm³/mol. The summed E-state index contributed by atoms with van der Waals surface area (Å²) in [5.74, 6) is -0.142. The van der Waals surface area contributed by atoms with Crippen LogP contribution >= 0.6 is 11.8 Å². The number of aliphatic carboxylic acids is 1. The predicted octanol–water partition coefficient (Wildman–Crippen LogP) is 1.56. The van der Waals surface area contributed by atoms with Crippen LogP contribution in [0.4, 0.5) is 0 Å². The van der Waals surface area contributed by atoms with Crippen LogP contribution in [0.25, 0.3) is 0 Å². The average molecular weight is 377 g/mol. The van der Waals surface area contributed by atoms with E-state index < -0.39 is 17.9 Å². The van der Waals surface area contributed by atoms with E-state index in [1.807, 2.05) is 30.5 Å². The van der Waals surface area contributed by atoms with Crippen LogP contribution in [-0.2, 0) is 16.0 Å². The van der Waals surface area contributed by atoms with Crippen molar-refractivity contribution in [1.82, 2.24) is 10.6 Å². The smallest absolute Gasteiger partial charge is 0.326 e. The molecule has 1 aromatic rings. The quantitative estimate of drug-likeness (QED) is 0.396. The molecule has 140 valence electrons. The minimum Gasteiger partial charge on any atom is -0.497 e. The van der Waals surface area contributed by atoms with Gasteiger partial charge in [0.15, 0.2) is 0 Å². The van der Waals surface area contributed by atoms with Crippen molar-refractivity contribution in [3.63, 3.8) is 0 Å². The van der Waals surface area contributed by atoms with Gasteiger partial charge in [-0.05, 0) is 42.5 Å². The van der Waals surface area contributed by atoms with E-state index in [2.05, 4.69) is 10.6 Å². The van der Waals surface area contributed by atoms with Crippen molar-refractivity contribution >= 4 is 23.6 Å². The molecule has 1 amide bonds. The van der Waals surface area contributed by atoms with Gasteiger partial charge in [0.2, 0.25) is 0 Å². The van der Waals surface area contributed by atoms with Crippen LogP contribution in [0.3, 0.4) is 0 Å². The van der Waals surface area contributed by atoms with Gasteiger partial charge in [0.1, 0.15) is 23.4 Å². The Labute approximate surface area is 157 Å². The lowest BCUT2D eigenvalue weighted by Gasteiger charge is -2.12. The van der Waals surface area contributed by atoms with Gasteiger partial charge in [-0.3, -0.25) is 4.79 Å². The monoisotopic (exact) mass is 377 g/mol. The molecule has 1 unspecified atom stereocenters. The van der Waals surface area contributed by atoms with Crippen molar-refractivity contribution in [1.29, 1.82) is 5.26 Å². The Hall–Kier alpha value is -2.66. The Kier molecular flexibility index (Phi) is 9.72. The second-order valence-corrected chi connectivity index (χ2v) is 6.35. The van der Waals surface area contributed by atoms with Crippen LogP contribution in [0.5, 0.6) is 5.75 Å². The van der Waals surface area contributed by atoms with Crippen LogP contribution in [0, 0.1) is 11.3 Å². The molecule has 26 heavy (non-hydrogen) atoms. The molecule has 0 spiro atoms. The number of nitrogens with one attached hydrogen (secondary N) is 2. The fourth-order valence-corrected chi connectivity index (χ4v) is 2.53. The third-order valence-electron chi connectivity index (χ3n) is 3.56. The molecule has 0 aromatic heterocycles. The third kappa shape index (κ3) is 7.49. The number of benzene rings is 1. The first-order valence-electron chi connectivity index (χ1n) is 8.01. The van der Waals surface area contributed by atoms with Gasteiger partial charge in [-0.2, -0.15) is 17.0 Å². The zero-order valence-electron chi connectivity index (χ0n) is 14.8. The van der Waals surface area contributed by atoms with Crippen molar-refractivity contribution < 1.29 is 19.4 Å². The lowest BCUT2D eigenvalue weighted by Crippen LogP contribution is -2.35. The number of methoxy groups -OCH3 is 1. The Morgan fingerprint density at radius 3 is 2.62 bits per heavy atom. The first kappa shape index (κ1) is 21.4. The molecule has 8 heteroatoms. The van der Waals surface area contributed by atoms with Crippen molar-refractivity contribution in [3.8, 4) is 11.8 Å². The number of thioether (sulfide) groups is 1. The van der Waals surface area contributed by atoms with Crippen LogP contribution in [0.1, 0.15) is 12.0 Å². The van der Waals surface area contributed by atoms with Gasteiger partial charge in [0.05, 0.1) is 7.11 Å². The molecule has 0 saturated heterocycles. The molecule has 0 fully saturated rings. The minimum absolute atomic E-state index is 0.157. The number of carbonyl (C=O) groups excluding carboxylic acids is 1. The molecule has 0 aliphatic rings. The van der Waals surface area contributed by atoms with Gasteiger partial charge in [0.25, 0.3) is 5.91 Å². The molecular formula is C18H23N3O4S. The second-order valence-electron chi connectivity index (χ2n) is 5.36. The number of nitriles is 1. The van der Waals surface area contributed by atoms with Gasteiger partial charge in [-0.25, -0.2) is 4.79 Å². The molecule has 7 nitrogen and oxygen atoms in total. The molecule has 0 heterocycles. The maximum atomic E-state index is 12.0. The molecular weight excluding hydrogens is 354 g/mol. The Morgan fingerprint density at radius 2 is 2.08 bits per heavy atom. The summed E-state index contributed by atoms with van der Waals surface area (Å²) >= 11 is 1.53. The number of carbonyl (C=O) groups is 2. The second kappa shape index (κ2) is 11.8. The van der Waals surface area contributed by atoms with E-state index in [-0.39, 0.29) is 5.57 Å². The van der Waals surface area contributed by atoms with Gasteiger partial charge in [0, 0.05) is 12.7 Å². The molecule has 3 N–H and O–H groups in total. The summed E-state index contributed by atoms with van der Waals surface area (Å²) in [6.45, 7) is 0.360. The van der Waals surface area contributed by atoms with Crippen molar-refractivity contribution in [3.05, 3.63) is 41.6 Å². The summed E-state index contributed by atoms with van der Waals surface area (Å²) < 4.78 is 5.08. The highest BCUT2D eigenvalue weighted by atomic mass is 32.2. The first-order chi connectivity index (χ1) is 12.5. The molecule has 1 aromatic carbocycles. The molecule has 1 rings (SSSR count). The number of carboxylic acids is 1.